The van der Waals surface area contributed by atoms with E-state index < -0.39 is 24.5 Å². The van der Waals surface area contributed by atoms with Gasteiger partial charge in [-0.05, 0) is 6.42 Å². The number of carboxylic acids is 1. The molecule has 0 rings (SSSR count). The summed E-state index contributed by atoms with van der Waals surface area (Å²) in [5.41, 5.74) is 0. The molecule has 0 aliphatic heterocycles. The second-order valence-electron chi connectivity index (χ2n) is 2.87. The number of halogens is 3. The molecule has 0 radical (unpaired) electrons. The Hall–Kier alpha value is 0.260. The molecule has 1 atom stereocenters. The zero-order chi connectivity index (χ0) is 10.5. The fraction of sp³-hybridized carbons (Fsp3) is 0.875. The summed E-state index contributed by atoms with van der Waals surface area (Å²) in [4.78, 5) is 9.79. The first-order chi connectivity index (χ1) is 5.92. The molecule has 0 heterocycles. The molecule has 0 bridgehead atoms. The van der Waals surface area contributed by atoms with E-state index in [0.29, 0.717) is 6.42 Å². The van der Waals surface area contributed by atoms with Crippen LogP contribution in [0, 0.1) is 0 Å². The maximum absolute atomic E-state index is 12.6. The fourth-order valence-corrected chi connectivity index (χ4v) is 0.883. The van der Waals surface area contributed by atoms with E-state index in [0.717, 1.165) is 6.42 Å². The predicted octanol–water partition coefficient (Wildman–Crippen LogP) is -1.71. The van der Waals surface area contributed by atoms with Crippen molar-refractivity contribution in [3.63, 3.8) is 0 Å². The van der Waals surface area contributed by atoms with Crippen LogP contribution in [0.5, 0.6) is 0 Å². The number of carbonyl (C=O) groups excluding carboxylic acids is 1. The van der Waals surface area contributed by atoms with Crippen molar-refractivity contribution in [2.45, 2.75) is 44.7 Å². The van der Waals surface area contributed by atoms with Crippen molar-refractivity contribution in [3.05, 3.63) is 0 Å². The van der Waals surface area contributed by atoms with Gasteiger partial charge in [0.2, 0.25) is 0 Å². The minimum absolute atomic E-state index is 0. The van der Waals surface area contributed by atoms with Gasteiger partial charge in [-0.15, -0.1) is 0 Å². The van der Waals surface area contributed by atoms with Crippen LogP contribution < -0.4 is 34.7 Å². The van der Waals surface area contributed by atoms with Crippen molar-refractivity contribution in [3.8, 4) is 0 Å². The Bertz CT molecular complexity index is 176. The standard InChI is InChI=1S/C8H13F3O2.Na/c1-2-3-4-5-6(9)8(10,11)7(12)13;/h6H,2-5H2,1H3,(H,12,13);/q;+1/p-1. The summed E-state index contributed by atoms with van der Waals surface area (Å²) in [5.74, 6) is -7.00. The number of unbranched alkanes of at least 4 members (excludes halogenated alkanes) is 2. The molecule has 0 aromatic rings. The molecule has 0 fully saturated rings. The summed E-state index contributed by atoms with van der Waals surface area (Å²) >= 11 is 0. The van der Waals surface area contributed by atoms with Crippen LogP contribution in [0.1, 0.15) is 32.6 Å². The Morgan fingerprint density at radius 2 is 1.93 bits per heavy atom. The van der Waals surface area contributed by atoms with Crippen molar-refractivity contribution in [2.75, 3.05) is 0 Å². The molecule has 0 aliphatic carbocycles. The predicted molar refractivity (Wildman–Crippen MR) is 39.0 cm³/mol. The zero-order valence-electron chi connectivity index (χ0n) is 8.36. The van der Waals surface area contributed by atoms with Gasteiger partial charge < -0.3 is 9.90 Å². The van der Waals surface area contributed by atoms with E-state index in [1.807, 2.05) is 6.92 Å². The van der Waals surface area contributed by atoms with Crippen LogP contribution in [0.3, 0.4) is 0 Å². The number of rotatable bonds is 6. The van der Waals surface area contributed by atoms with Gasteiger partial charge in [-0.2, -0.15) is 8.78 Å². The number of hydrogen-bond donors (Lipinski definition) is 0. The van der Waals surface area contributed by atoms with E-state index in [1.165, 1.54) is 0 Å². The second-order valence-corrected chi connectivity index (χ2v) is 2.87. The van der Waals surface area contributed by atoms with E-state index in [-0.39, 0.29) is 36.0 Å². The van der Waals surface area contributed by atoms with Crippen LogP contribution in [-0.4, -0.2) is 18.1 Å². The van der Waals surface area contributed by atoms with E-state index in [1.54, 1.807) is 0 Å². The van der Waals surface area contributed by atoms with Gasteiger partial charge >= 0.3 is 35.5 Å². The molecule has 0 N–H and O–H groups in total. The van der Waals surface area contributed by atoms with Crippen LogP contribution >= 0.6 is 0 Å². The fourth-order valence-electron chi connectivity index (χ4n) is 0.883. The van der Waals surface area contributed by atoms with E-state index in [9.17, 15) is 23.1 Å². The molecule has 0 aromatic heterocycles. The van der Waals surface area contributed by atoms with Crippen LogP contribution in [0.4, 0.5) is 13.2 Å². The average molecular weight is 220 g/mol. The molecule has 0 amide bonds. The molecule has 0 saturated heterocycles. The van der Waals surface area contributed by atoms with Gasteiger partial charge in [0.05, 0.1) is 0 Å². The third kappa shape index (κ3) is 5.22. The molecular weight excluding hydrogens is 208 g/mol. The van der Waals surface area contributed by atoms with Crippen molar-refractivity contribution < 1.29 is 52.6 Å². The Kier molecular flexibility index (Phi) is 8.98. The largest absolute Gasteiger partial charge is 1.00 e. The van der Waals surface area contributed by atoms with Gasteiger partial charge in [0.1, 0.15) is 5.97 Å². The van der Waals surface area contributed by atoms with Gasteiger partial charge in [0, 0.05) is 0 Å². The third-order valence-electron chi connectivity index (χ3n) is 1.73. The Morgan fingerprint density at radius 1 is 1.43 bits per heavy atom. The number of alkyl halides is 3. The van der Waals surface area contributed by atoms with E-state index in [2.05, 4.69) is 0 Å². The maximum Gasteiger partial charge on any atom is 1.00 e. The summed E-state index contributed by atoms with van der Waals surface area (Å²) in [5, 5.41) is 9.79. The molecular formula is C8H12F3NaO2. The first-order valence-corrected chi connectivity index (χ1v) is 4.16. The average Bonchev–Trinajstić information content (AvgIpc) is 2.04. The molecule has 0 aromatic carbocycles. The van der Waals surface area contributed by atoms with Gasteiger partial charge in [-0.25, -0.2) is 4.39 Å². The van der Waals surface area contributed by atoms with Crippen LogP contribution in [0.15, 0.2) is 0 Å². The third-order valence-corrected chi connectivity index (χ3v) is 1.73. The second kappa shape index (κ2) is 7.54. The van der Waals surface area contributed by atoms with E-state index >= 15 is 0 Å². The van der Waals surface area contributed by atoms with Crippen LogP contribution in [-0.2, 0) is 4.79 Å². The van der Waals surface area contributed by atoms with Gasteiger partial charge in [-0.1, -0.05) is 26.2 Å². The summed E-state index contributed by atoms with van der Waals surface area (Å²) in [6, 6.07) is 0. The number of aliphatic carboxylic acids is 1. The van der Waals surface area contributed by atoms with E-state index in [4.69, 9.17) is 0 Å². The summed E-state index contributed by atoms with van der Waals surface area (Å²) in [6.07, 6.45) is -1.42. The van der Waals surface area contributed by atoms with Gasteiger partial charge in [0.25, 0.3) is 0 Å². The number of hydrogen-bond acceptors (Lipinski definition) is 2. The summed E-state index contributed by atoms with van der Waals surface area (Å²) in [6.45, 7) is 1.84. The molecule has 0 spiro atoms. The van der Waals surface area contributed by atoms with Crippen molar-refractivity contribution in [2.24, 2.45) is 0 Å². The Morgan fingerprint density at radius 3 is 2.29 bits per heavy atom. The van der Waals surface area contributed by atoms with Crippen molar-refractivity contribution in [1.82, 2.24) is 0 Å². The van der Waals surface area contributed by atoms with Gasteiger partial charge in [0.15, 0.2) is 6.17 Å². The minimum atomic E-state index is -4.35. The first kappa shape index (κ1) is 16.7. The molecule has 0 aliphatic rings. The molecule has 2 nitrogen and oxygen atoms in total. The van der Waals surface area contributed by atoms with Crippen molar-refractivity contribution in [1.29, 1.82) is 0 Å². The molecule has 78 valence electrons. The monoisotopic (exact) mass is 220 g/mol. The maximum atomic E-state index is 12.6. The molecule has 14 heavy (non-hydrogen) atoms. The summed E-state index contributed by atoms with van der Waals surface area (Å²) < 4.78 is 37.2. The SMILES string of the molecule is CCCCCC(F)C(F)(F)C(=O)[O-].[Na+]. The van der Waals surface area contributed by atoms with Crippen molar-refractivity contribution >= 4 is 5.97 Å². The van der Waals surface area contributed by atoms with Crippen LogP contribution in [0.25, 0.3) is 0 Å². The minimum Gasteiger partial charge on any atom is -0.544 e. The van der Waals surface area contributed by atoms with Crippen LogP contribution in [0.2, 0.25) is 0 Å². The molecule has 6 heteroatoms. The smallest absolute Gasteiger partial charge is 0.544 e. The molecule has 1 unspecified atom stereocenters. The first-order valence-electron chi connectivity index (χ1n) is 4.16. The quantitative estimate of drug-likeness (QED) is 0.395. The normalized spacial score (nSPS) is 13.1. The Labute approximate surface area is 103 Å². The number of carbonyl (C=O) groups is 1. The Balaban J connectivity index is 0. The number of carboxylic acid groups (broad SMARTS) is 1. The molecule has 0 saturated carbocycles. The zero-order valence-corrected chi connectivity index (χ0v) is 10.4. The topological polar surface area (TPSA) is 40.1 Å². The summed E-state index contributed by atoms with van der Waals surface area (Å²) in [7, 11) is 0. The van der Waals surface area contributed by atoms with Gasteiger partial charge in [-0.3, -0.25) is 0 Å².